The Bertz CT molecular complexity index is 833. The molecule has 2 bridgehead atoms. The van der Waals surface area contributed by atoms with E-state index in [2.05, 4.69) is 0 Å². The number of carbonyl (C=O) groups is 1. The van der Waals surface area contributed by atoms with Gasteiger partial charge in [0.15, 0.2) is 11.6 Å². The van der Waals surface area contributed by atoms with Crippen LogP contribution >= 0.6 is 0 Å². The molecule has 2 aliphatic rings. The maximum Gasteiger partial charge on any atom is 0.343 e. The SMILES string of the molecule is CC(C)(Oc1cc(C(=O)Oc2ccccc2)ccc1F)C1CC2CCC1O2. The maximum atomic E-state index is 14.4. The summed E-state index contributed by atoms with van der Waals surface area (Å²) in [5.74, 6) is -0.342. The molecule has 0 saturated carbocycles. The van der Waals surface area contributed by atoms with E-state index in [4.69, 9.17) is 14.2 Å². The van der Waals surface area contributed by atoms with Crippen LogP contribution in [0.5, 0.6) is 11.5 Å². The van der Waals surface area contributed by atoms with E-state index in [0.29, 0.717) is 11.9 Å². The molecule has 0 aromatic heterocycles. The van der Waals surface area contributed by atoms with Crippen molar-refractivity contribution >= 4 is 5.97 Å². The molecule has 2 heterocycles. The number of hydrogen-bond acceptors (Lipinski definition) is 4. The molecule has 0 amide bonds. The molecule has 2 aliphatic heterocycles. The van der Waals surface area contributed by atoms with Gasteiger partial charge in [0, 0.05) is 5.92 Å². The summed E-state index contributed by atoms with van der Waals surface area (Å²) in [6.07, 6.45) is 3.49. The highest BCUT2D eigenvalue weighted by Gasteiger charge is 2.49. The molecule has 5 heteroatoms. The Labute approximate surface area is 158 Å². The second-order valence-corrected chi connectivity index (χ2v) is 7.77. The van der Waals surface area contributed by atoms with Gasteiger partial charge in [-0.25, -0.2) is 9.18 Å². The average molecular weight is 370 g/mol. The van der Waals surface area contributed by atoms with Gasteiger partial charge in [0.2, 0.25) is 0 Å². The van der Waals surface area contributed by atoms with Gasteiger partial charge >= 0.3 is 5.97 Å². The molecule has 3 atom stereocenters. The number of hydrogen-bond donors (Lipinski definition) is 0. The van der Waals surface area contributed by atoms with Crippen LogP contribution in [0.25, 0.3) is 0 Å². The summed E-state index contributed by atoms with van der Waals surface area (Å²) in [6, 6.07) is 12.8. The van der Waals surface area contributed by atoms with Crippen molar-refractivity contribution in [2.24, 2.45) is 5.92 Å². The van der Waals surface area contributed by atoms with E-state index in [1.807, 2.05) is 19.9 Å². The molecule has 0 N–H and O–H groups in total. The first-order valence-corrected chi connectivity index (χ1v) is 9.33. The van der Waals surface area contributed by atoms with Crippen LogP contribution in [0.1, 0.15) is 43.5 Å². The van der Waals surface area contributed by atoms with Crippen LogP contribution in [0.2, 0.25) is 0 Å². The Morgan fingerprint density at radius 1 is 1.15 bits per heavy atom. The van der Waals surface area contributed by atoms with E-state index in [-0.39, 0.29) is 23.3 Å². The number of benzene rings is 2. The molecule has 0 aliphatic carbocycles. The molecule has 2 fully saturated rings. The Hall–Kier alpha value is -2.40. The van der Waals surface area contributed by atoms with Gasteiger partial charge in [0.05, 0.1) is 17.8 Å². The fraction of sp³-hybridized carbons (Fsp3) is 0.409. The summed E-state index contributed by atoms with van der Waals surface area (Å²) in [4.78, 5) is 12.4. The highest BCUT2D eigenvalue weighted by molar-refractivity contribution is 5.91. The third kappa shape index (κ3) is 3.69. The number of esters is 1. The molecule has 2 aromatic carbocycles. The lowest BCUT2D eigenvalue weighted by Gasteiger charge is -2.36. The molecule has 2 aromatic rings. The first kappa shape index (κ1) is 18.0. The fourth-order valence-electron chi connectivity index (χ4n) is 4.09. The van der Waals surface area contributed by atoms with Crippen molar-refractivity contribution in [3.63, 3.8) is 0 Å². The topological polar surface area (TPSA) is 44.8 Å². The highest BCUT2D eigenvalue weighted by atomic mass is 19.1. The molecule has 4 rings (SSSR count). The van der Waals surface area contributed by atoms with Crippen molar-refractivity contribution in [2.75, 3.05) is 0 Å². The number of rotatable bonds is 5. The van der Waals surface area contributed by atoms with Crippen molar-refractivity contribution in [1.29, 1.82) is 0 Å². The van der Waals surface area contributed by atoms with Crippen molar-refractivity contribution < 1.29 is 23.4 Å². The van der Waals surface area contributed by atoms with Gasteiger partial charge in [-0.15, -0.1) is 0 Å². The Kier molecular flexibility index (Phi) is 4.64. The zero-order valence-electron chi connectivity index (χ0n) is 15.5. The second kappa shape index (κ2) is 6.97. The van der Waals surface area contributed by atoms with E-state index in [9.17, 15) is 9.18 Å². The van der Waals surface area contributed by atoms with Crippen LogP contribution in [0.15, 0.2) is 48.5 Å². The third-order valence-electron chi connectivity index (χ3n) is 5.49. The van der Waals surface area contributed by atoms with Crippen molar-refractivity contribution in [3.8, 4) is 11.5 Å². The van der Waals surface area contributed by atoms with Crippen LogP contribution in [0, 0.1) is 11.7 Å². The van der Waals surface area contributed by atoms with Crippen LogP contribution in [-0.4, -0.2) is 23.8 Å². The smallest absolute Gasteiger partial charge is 0.343 e. The lowest BCUT2D eigenvalue weighted by atomic mass is 9.78. The number of fused-ring (bicyclic) bond motifs is 2. The lowest BCUT2D eigenvalue weighted by molar-refractivity contribution is -0.000231. The largest absolute Gasteiger partial charge is 0.484 e. The lowest BCUT2D eigenvalue weighted by Crippen LogP contribution is -2.42. The zero-order valence-corrected chi connectivity index (χ0v) is 15.5. The molecular formula is C22H23FO4. The van der Waals surface area contributed by atoms with Crippen LogP contribution in [0.3, 0.4) is 0 Å². The number of halogens is 1. The predicted molar refractivity (Wildman–Crippen MR) is 98.5 cm³/mol. The summed E-state index contributed by atoms with van der Waals surface area (Å²) in [6.45, 7) is 3.91. The standard InChI is InChI=1S/C22H23FO4/c1-22(2,17-13-16-9-11-19(17)25-16)27-20-12-14(8-10-18(20)23)21(24)26-15-6-4-3-5-7-15/h3-8,10,12,16-17,19H,9,11,13H2,1-2H3. The summed E-state index contributed by atoms with van der Waals surface area (Å²) < 4.78 is 31.7. The molecule has 2 saturated heterocycles. The molecule has 142 valence electrons. The molecule has 3 unspecified atom stereocenters. The Morgan fingerprint density at radius 3 is 2.59 bits per heavy atom. The quantitative estimate of drug-likeness (QED) is 0.562. The monoisotopic (exact) mass is 370 g/mol. The van der Waals surface area contributed by atoms with Gasteiger partial charge in [-0.2, -0.15) is 0 Å². The summed E-state index contributed by atoms with van der Waals surface area (Å²) in [7, 11) is 0. The second-order valence-electron chi connectivity index (χ2n) is 7.77. The molecule has 0 radical (unpaired) electrons. The molecular weight excluding hydrogens is 347 g/mol. The van der Waals surface area contributed by atoms with Crippen molar-refractivity contribution in [2.45, 2.75) is 50.9 Å². The Morgan fingerprint density at radius 2 is 1.93 bits per heavy atom. The number of ether oxygens (including phenoxy) is 3. The molecule has 0 spiro atoms. The van der Waals surface area contributed by atoms with Gasteiger partial charge in [-0.1, -0.05) is 18.2 Å². The Balaban J connectivity index is 1.51. The van der Waals surface area contributed by atoms with Gasteiger partial charge in [0.25, 0.3) is 0 Å². The average Bonchev–Trinajstić information content (AvgIpc) is 3.28. The van der Waals surface area contributed by atoms with E-state index in [0.717, 1.165) is 19.3 Å². The van der Waals surface area contributed by atoms with Crippen LogP contribution < -0.4 is 9.47 Å². The highest BCUT2D eigenvalue weighted by Crippen LogP contribution is 2.45. The predicted octanol–water partition coefficient (Wildman–Crippen LogP) is 4.77. The minimum absolute atomic E-state index is 0.0604. The number of carbonyl (C=O) groups excluding carboxylic acids is 1. The fourth-order valence-corrected chi connectivity index (χ4v) is 4.09. The van der Waals surface area contributed by atoms with Crippen molar-refractivity contribution in [1.82, 2.24) is 0 Å². The van der Waals surface area contributed by atoms with Gasteiger partial charge in [0.1, 0.15) is 11.4 Å². The summed E-state index contributed by atoms with van der Waals surface area (Å²) >= 11 is 0. The van der Waals surface area contributed by atoms with Gasteiger partial charge in [-0.3, -0.25) is 0 Å². The van der Waals surface area contributed by atoms with Crippen LogP contribution in [0.4, 0.5) is 4.39 Å². The van der Waals surface area contributed by atoms with E-state index in [1.54, 1.807) is 24.3 Å². The van der Waals surface area contributed by atoms with E-state index >= 15 is 0 Å². The first-order chi connectivity index (χ1) is 12.9. The van der Waals surface area contributed by atoms with E-state index < -0.39 is 17.4 Å². The minimum Gasteiger partial charge on any atom is -0.484 e. The zero-order chi connectivity index (χ0) is 19.0. The minimum atomic E-state index is -0.595. The molecule has 27 heavy (non-hydrogen) atoms. The van der Waals surface area contributed by atoms with E-state index in [1.165, 1.54) is 18.2 Å². The van der Waals surface area contributed by atoms with Crippen LogP contribution in [-0.2, 0) is 4.74 Å². The number of para-hydroxylation sites is 1. The van der Waals surface area contributed by atoms with Gasteiger partial charge in [-0.05, 0) is 63.4 Å². The van der Waals surface area contributed by atoms with Crippen molar-refractivity contribution in [3.05, 3.63) is 59.9 Å². The maximum absolute atomic E-state index is 14.4. The van der Waals surface area contributed by atoms with Gasteiger partial charge < -0.3 is 14.2 Å². The first-order valence-electron chi connectivity index (χ1n) is 9.33. The molecule has 4 nitrogen and oxygen atoms in total. The summed E-state index contributed by atoms with van der Waals surface area (Å²) in [5, 5.41) is 0. The third-order valence-corrected chi connectivity index (χ3v) is 5.49. The normalized spacial score (nSPS) is 24.0. The summed E-state index contributed by atoms with van der Waals surface area (Å²) in [5.41, 5.74) is -0.349.